The van der Waals surface area contributed by atoms with Crippen LogP contribution in [0.25, 0.3) is 0 Å². The highest BCUT2D eigenvalue weighted by Gasteiger charge is 2.25. The fourth-order valence-electron chi connectivity index (χ4n) is 3.25. The van der Waals surface area contributed by atoms with Gasteiger partial charge in [0, 0.05) is 0 Å². The Morgan fingerprint density at radius 3 is 2.43 bits per heavy atom. The van der Waals surface area contributed by atoms with Crippen LogP contribution in [0.1, 0.15) is 43.7 Å². The number of aromatic nitrogens is 1. The fourth-order valence-corrected chi connectivity index (χ4v) is 3.41. The highest BCUT2D eigenvalue weighted by Crippen LogP contribution is 2.36. The van der Waals surface area contributed by atoms with Crippen molar-refractivity contribution in [2.75, 3.05) is 5.32 Å². The second kappa shape index (κ2) is 6.95. The van der Waals surface area contributed by atoms with Crippen LogP contribution in [0, 0.1) is 5.92 Å². The van der Waals surface area contributed by atoms with E-state index in [1.54, 1.807) is 0 Å². The van der Waals surface area contributed by atoms with Gasteiger partial charge >= 0.3 is 0 Å². The molecule has 0 saturated heterocycles. The molecule has 1 aliphatic carbocycles. The van der Waals surface area contributed by atoms with Gasteiger partial charge in [-0.3, -0.25) is 0 Å². The molecule has 2 nitrogen and oxygen atoms in total. The normalized spacial score (nSPS) is 17.4. The Kier molecular flexibility index (Phi) is 4.76. The van der Waals surface area contributed by atoms with Gasteiger partial charge in [-0.15, -0.1) is 0 Å². The van der Waals surface area contributed by atoms with Crippen LogP contribution in [0.15, 0.2) is 48.5 Å². The van der Waals surface area contributed by atoms with E-state index in [1.165, 1.54) is 37.7 Å². The Labute approximate surface area is 131 Å². The topological polar surface area (TPSA) is 24.9 Å². The number of hydrogen-bond acceptors (Lipinski definition) is 2. The molecule has 1 fully saturated rings. The number of nitrogens with one attached hydrogen (secondary N) is 1. The molecule has 1 N–H and O–H groups in total. The zero-order chi connectivity index (χ0) is 14.5. The number of anilines is 1. The second-order valence-electron chi connectivity index (χ2n) is 5.78. The predicted octanol–water partition coefficient (Wildman–Crippen LogP) is 5.47. The van der Waals surface area contributed by atoms with Gasteiger partial charge < -0.3 is 5.32 Å². The maximum Gasteiger partial charge on any atom is 0.131 e. The second-order valence-corrected chi connectivity index (χ2v) is 6.16. The van der Waals surface area contributed by atoms with E-state index in [1.807, 2.05) is 18.2 Å². The fraction of sp³-hybridized carbons (Fsp3) is 0.389. The first kappa shape index (κ1) is 14.4. The third kappa shape index (κ3) is 3.76. The number of halogens is 1. The highest BCUT2D eigenvalue weighted by atomic mass is 35.5. The van der Waals surface area contributed by atoms with Crippen LogP contribution in [-0.4, -0.2) is 4.98 Å². The lowest BCUT2D eigenvalue weighted by molar-refractivity contribution is 0.320. The van der Waals surface area contributed by atoms with Crippen molar-refractivity contribution < 1.29 is 0 Å². The molecule has 2 aromatic rings. The first-order valence-electron chi connectivity index (χ1n) is 7.77. The molecule has 0 spiro atoms. The summed E-state index contributed by atoms with van der Waals surface area (Å²) >= 11 is 6.01. The molecule has 0 radical (unpaired) electrons. The standard InChI is InChI=1S/C18H21ClN2/c19-16-12-7-13-17(20-16)21-18(14-8-3-1-4-9-14)15-10-5-2-6-11-15/h1,3-4,7-9,12-13,15,18H,2,5-6,10-11H2,(H,20,21). The van der Waals surface area contributed by atoms with Gasteiger partial charge in [-0.05, 0) is 36.5 Å². The molecule has 1 atom stereocenters. The average molecular weight is 301 g/mol. The van der Waals surface area contributed by atoms with Crippen molar-refractivity contribution in [1.82, 2.24) is 4.98 Å². The van der Waals surface area contributed by atoms with Crippen LogP contribution in [0.5, 0.6) is 0 Å². The van der Waals surface area contributed by atoms with Gasteiger partial charge in [0.05, 0.1) is 6.04 Å². The molecular formula is C18H21ClN2. The largest absolute Gasteiger partial charge is 0.363 e. The lowest BCUT2D eigenvalue weighted by Crippen LogP contribution is -2.23. The Balaban J connectivity index is 1.85. The van der Waals surface area contributed by atoms with Gasteiger partial charge in [0.15, 0.2) is 0 Å². The van der Waals surface area contributed by atoms with Crippen LogP contribution in [0.2, 0.25) is 5.15 Å². The number of hydrogen-bond donors (Lipinski definition) is 1. The Bertz CT molecular complexity index is 564. The van der Waals surface area contributed by atoms with Gasteiger partial charge in [-0.25, -0.2) is 4.98 Å². The van der Waals surface area contributed by atoms with Crippen molar-refractivity contribution in [3.8, 4) is 0 Å². The van der Waals surface area contributed by atoms with Gasteiger partial charge in [0.1, 0.15) is 11.0 Å². The SMILES string of the molecule is Clc1cccc(NC(c2ccccc2)C2CCCCC2)n1. The lowest BCUT2D eigenvalue weighted by Gasteiger charge is -2.31. The first-order valence-corrected chi connectivity index (χ1v) is 8.15. The minimum absolute atomic E-state index is 0.317. The van der Waals surface area contributed by atoms with Gasteiger partial charge in [-0.2, -0.15) is 0 Å². The molecule has 1 aliphatic rings. The van der Waals surface area contributed by atoms with E-state index in [9.17, 15) is 0 Å². The Hall–Kier alpha value is -1.54. The van der Waals surface area contributed by atoms with Gasteiger partial charge in [0.25, 0.3) is 0 Å². The molecule has 3 rings (SSSR count). The predicted molar refractivity (Wildman–Crippen MR) is 88.6 cm³/mol. The van der Waals surface area contributed by atoms with Gasteiger partial charge in [0.2, 0.25) is 0 Å². The van der Waals surface area contributed by atoms with E-state index in [0.717, 1.165) is 5.82 Å². The first-order chi connectivity index (χ1) is 10.3. The van der Waals surface area contributed by atoms with Crippen molar-refractivity contribution in [2.24, 2.45) is 5.92 Å². The molecule has 3 heteroatoms. The van der Waals surface area contributed by atoms with E-state index in [4.69, 9.17) is 11.6 Å². The summed E-state index contributed by atoms with van der Waals surface area (Å²) in [6.45, 7) is 0. The average Bonchev–Trinajstić information content (AvgIpc) is 2.54. The minimum Gasteiger partial charge on any atom is -0.363 e. The van der Waals surface area contributed by atoms with E-state index >= 15 is 0 Å². The molecule has 0 bridgehead atoms. The Morgan fingerprint density at radius 2 is 1.71 bits per heavy atom. The quantitative estimate of drug-likeness (QED) is 0.757. The van der Waals surface area contributed by atoms with Crippen LogP contribution < -0.4 is 5.32 Å². The molecule has 1 aromatic heterocycles. The maximum atomic E-state index is 6.01. The third-order valence-electron chi connectivity index (χ3n) is 4.30. The Morgan fingerprint density at radius 1 is 0.952 bits per heavy atom. The molecule has 110 valence electrons. The van der Waals surface area contributed by atoms with Crippen LogP contribution in [0.3, 0.4) is 0 Å². The monoisotopic (exact) mass is 300 g/mol. The summed E-state index contributed by atoms with van der Waals surface area (Å²) in [5.74, 6) is 1.53. The number of benzene rings is 1. The summed E-state index contributed by atoms with van der Waals surface area (Å²) in [6, 6.07) is 16.8. The van der Waals surface area contributed by atoms with Crippen molar-refractivity contribution in [3.63, 3.8) is 0 Å². The summed E-state index contributed by atoms with van der Waals surface area (Å²) in [5, 5.41) is 4.15. The molecule has 21 heavy (non-hydrogen) atoms. The molecule has 1 aromatic carbocycles. The molecule has 1 unspecified atom stereocenters. The van der Waals surface area contributed by atoms with Gasteiger partial charge in [-0.1, -0.05) is 67.3 Å². The number of nitrogens with zero attached hydrogens (tertiary/aromatic N) is 1. The summed E-state index contributed by atoms with van der Waals surface area (Å²) < 4.78 is 0. The molecular weight excluding hydrogens is 280 g/mol. The molecule has 1 heterocycles. The zero-order valence-electron chi connectivity index (χ0n) is 12.1. The maximum absolute atomic E-state index is 6.01. The lowest BCUT2D eigenvalue weighted by atomic mass is 9.81. The van der Waals surface area contributed by atoms with Crippen molar-refractivity contribution >= 4 is 17.4 Å². The number of rotatable bonds is 4. The summed E-state index contributed by atoms with van der Waals surface area (Å²) in [6.07, 6.45) is 6.60. The minimum atomic E-state index is 0.317. The summed E-state index contributed by atoms with van der Waals surface area (Å²) in [4.78, 5) is 4.39. The van der Waals surface area contributed by atoms with Crippen molar-refractivity contribution in [1.29, 1.82) is 0 Å². The van der Waals surface area contributed by atoms with Crippen molar-refractivity contribution in [3.05, 3.63) is 59.2 Å². The van der Waals surface area contributed by atoms with Crippen molar-refractivity contribution in [2.45, 2.75) is 38.1 Å². The van der Waals surface area contributed by atoms with Crippen LogP contribution in [0.4, 0.5) is 5.82 Å². The van der Waals surface area contributed by atoms with E-state index in [-0.39, 0.29) is 0 Å². The van der Waals surface area contributed by atoms with Crippen LogP contribution in [-0.2, 0) is 0 Å². The summed E-state index contributed by atoms with van der Waals surface area (Å²) in [5.41, 5.74) is 1.34. The van der Waals surface area contributed by atoms with Crippen LogP contribution >= 0.6 is 11.6 Å². The smallest absolute Gasteiger partial charge is 0.131 e. The van der Waals surface area contributed by atoms with E-state index in [0.29, 0.717) is 17.1 Å². The van der Waals surface area contributed by atoms with E-state index < -0.39 is 0 Å². The van der Waals surface area contributed by atoms with E-state index in [2.05, 4.69) is 40.6 Å². The molecule has 0 aliphatic heterocycles. The number of pyridine rings is 1. The zero-order valence-corrected chi connectivity index (χ0v) is 12.9. The third-order valence-corrected chi connectivity index (χ3v) is 4.51. The molecule has 1 saturated carbocycles. The summed E-state index contributed by atoms with van der Waals surface area (Å²) in [7, 11) is 0. The highest BCUT2D eigenvalue weighted by molar-refractivity contribution is 6.29. The molecule has 0 amide bonds.